The summed E-state index contributed by atoms with van der Waals surface area (Å²) in [5, 5.41) is 5.50. The average Bonchev–Trinajstić information content (AvgIpc) is 2.59. The van der Waals surface area contributed by atoms with Crippen molar-refractivity contribution in [1.29, 1.82) is 0 Å². The molecule has 0 spiro atoms. The minimum Gasteiger partial charge on any atom is -0.335 e. The Kier molecular flexibility index (Phi) is 6.16. The number of carbonyl (C=O) groups is 1. The highest BCUT2D eigenvalue weighted by Crippen LogP contribution is 2.27. The summed E-state index contributed by atoms with van der Waals surface area (Å²) >= 11 is 7.71. The number of benzene rings is 2. The van der Waals surface area contributed by atoms with Gasteiger partial charge < -0.3 is 4.90 Å². The number of thioether (sulfide) groups is 1. The third-order valence-electron chi connectivity index (χ3n) is 4.00. The molecule has 1 unspecified atom stereocenters. The van der Waals surface area contributed by atoms with E-state index in [0.29, 0.717) is 10.6 Å². The molecule has 0 aliphatic heterocycles. The molecular weight excluding hydrogens is 380 g/mol. The van der Waals surface area contributed by atoms with Crippen LogP contribution in [-0.4, -0.2) is 32.5 Å². The lowest BCUT2D eigenvalue weighted by Crippen LogP contribution is -2.30. The number of amides is 1. The molecule has 2 aromatic rings. The molecule has 0 heterocycles. The number of hydrogen-bond donors (Lipinski definition) is 1. The first kappa shape index (κ1) is 19.8. The number of nitrogens with zero attached hydrogens (tertiary/aromatic N) is 1. The number of halogens is 1. The Balaban J connectivity index is 2.27. The summed E-state index contributed by atoms with van der Waals surface area (Å²) in [5.41, 5.74) is 1.23. The van der Waals surface area contributed by atoms with Gasteiger partial charge in [0.15, 0.2) is 0 Å². The molecule has 8 heteroatoms. The van der Waals surface area contributed by atoms with E-state index >= 15 is 0 Å². The minimum absolute atomic E-state index is 0.0353. The summed E-state index contributed by atoms with van der Waals surface area (Å²) in [4.78, 5) is 15.3. The van der Waals surface area contributed by atoms with Gasteiger partial charge in [-0.2, -0.15) is 0 Å². The molecular formula is C17H19ClN2O3S2. The fraction of sp³-hybridized carbons (Fsp3) is 0.235. The van der Waals surface area contributed by atoms with Gasteiger partial charge in [-0.05, 0) is 49.1 Å². The van der Waals surface area contributed by atoms with Crippen molar-refractivity contribution >= 4 is 39.3 Å². The molecule has 0 saturated heterocycles. The smallest absolute Gasteiger partial charge is 0.255 e. The van der Waals surface area contributed by atoms with Crippen molar-refractivity contribution in [2.75, 3.05) is 13.3 Å². The molecule has 0 aliphatic rings. The summed E-state index contributed by atoms with van der Waals surface area (Å²) in [7, 11) is -2.06. The van der Waals surface area contributed by atoms with Gasteiger partial charge in [0, 0.05) is 11.9 Å². The normalized spacial score (nSPS) is 12.7. The fourth-order valence-electron chi connectivity index (χ4n) is 2.32. The van der Waals surface area contributed by atoms with Crippen LogP contribution in [0.1, 0.15) is 28.9 Å². The zero-order chi connectivity index (χ0) is 18.8. The highest BCUT2D eigenvalue weighted by Gasteiger charge is 2.21. The number of rotatable bonds is 5. The van der Waals surface area contributed by atoms with Crippen molar-refractivity contribution in [3.05, 3.63) is 58.6 Å². The third-order valence-corrected chi connectivity index (χ3v) is 5.98. The van der Waals surface area contributed by atoms with Crippen molar-refractivity contribution < 1.29 is 13.2 Å². The fourth-order valence-corrected chi connectivity index (χ4v) is 3.47. The molecule has 1 amide bonds. The largest absolute Gasteiger partial charge is 0.335 e. The van der Waals surface area contributed by atoms with Crippen LogP contribution in [0.5, 0.6) is 0 Å². The molecule has 0 aromatic heterocycles. The van der Waals surface area contributed by atoms with Gasteiger partial charge in [0.25, 0.3) is 5.91 Å². The van der Waals surface area contributed by atoms with E-state index in [4.69, 9.17) is 16.7 Å². The van der Waals surface area contributed by atoms with Crippen molar-refractivity contribution in [1.82, 2.24) is 4.90 Å². The third kappa shape index (κ3) is 4.55. The summed E-state index contributed by atoms with van der Waals surface area (Å²) < 4.78 is 22.7. The number of carbonyl (C=O) groups excluding carboxylic acids is 1. The first-order valence-electron chi connectivity index (χ1n) is 7.38. The van der Waals surface area contributed by atoms with E-state index in [0.717, 1.165) is 10.5 Å². The minimum atomic E-state index is -3.74. The van der Waals surface area contributed by atoms with Gasteiger partial charge in [-0.1, -0.05) is 23.7 Å². The van der Waals surface area contributed by atoms with E-state index in [-0.39, 0.29) is 16.8 Å². The van der Waals surface area contributed by atoms with Crippen molar-refractivity contribution in [2.24, 2.45) is 5.14 Å². The average molecular weight is 399 g/mol. The maximum Gasteiger partial charge on any atom is 0.255 e. The second-order valence-corrected chi connectivity index (χ2v) is 8.40. The molecule has 134 valence electrons. The lowest BCUT2D eigenvalue weighted by molar-refractivity contribution is 0.0742. The predicted octanol–water partition coefficient (Wildman–Crippen LogP) is 3.54. The monoisotopic (exact) mass is 398 g/mol. The number of nitrogens with two attached hydrogens (primary N) is 1. The van der Waals surface area contributed by atoms with E-state index < -0.39 is 10.0 Å². The molecule has 2 N–H and O–H groups in total. The van der Waals surface area contributed by atoms with Gasteiger partial charge in [-0.3, -0.25) is 4.79 Å². The first-order valence-corrected chi connectivity index (χ1v) is 10.5. The molecule has 0 radical (unpaired) electrons. The van der Waals surface area contributed by atoms with Crippen LogP contribution in [0.2, 0.25) is 5.02 Å². The summed E-state index contributed by atoms with van der Waals surface area (Å²) in [5.74, 6) is -0.205. The topological polar surface area (TPSA) is 80.5 Å². The molecule has 0 aliphatic carbocycles. The first-order chi connectivity index (χ1) is 11.6. The Morgan fingerprint density at radius 3 is 2.32 bits per heavy atom. The van der Waals surface area contributed by atoms with Gasteiger partial charge in [-0.25, -0.2) is 13.6 Å². The Bertz CT molecular complexity index is 883. The zero-order valence-corrected chi connectivity index (χ0v) is 16.5. The van der Waals surface area contributed by atoms with Crippen LogP contribution in [0.4, 0.5) is 0 Å². The van der Waals surface area contributed by atoms with Crippen LogP contribution in [0, 0.1) is 0 Å². The molecule has 0 bridgehead atoms. The Labute approximate surface area is 157 Å². The maximum atomic E-state index is 12.8. The lowest BCUT2D eigenvalue weighted by atomic mass is 10.1. The summed E-state index contributed by atoms with van der Waals surface area (Å²) in [6, 6.07) is 11.2. The van der Waals surface area contributed by atoms with Crippen LogP contribution >= 0.6 is 23.4 Å². The number of primary sulfonamides is 1. The van der Waals surface area contributed by atoms with Crippen LogP contribution in [0.3, 0.4) is 0 Å². The molecule has 2 rings (SSSR count). The van der Waals surface area contributed by atoms with Crippen LogP contribution in [0.15, 0.2) is 52.3 Å². The SMILES string of the molecule is CSc1ccc(Cl)c(C(=O)N(C)C(C)c2ccc(S(N)(=O)=O)cc2)c1. The number of sulfonamides is 1. The van der Waals surface area contributed by atoms with E-state index in [1.807, 2.05) is 19.2 Å². The molecule has 5 nitrogen and oxygen atoms in total. The van der Waals surface area contributed by atoms with Gasteiger partial charge in [-0.15, -0.1) is 11.8 Å². The molecule has 0 fully saturated rings. The van der Waals surface area contributed by atoms with E-state index in [2.05, 4.69) is 0 Å². The Morgan fingerprint density at radius 1 is 1.20 bits per heavy atom. The number of hydrogen-bond acceptors (Lipinski definition) is 4. The highest BCUT2D eigenvalue weighted by atomic mass is 35.5. The summed E-state index contributed by atoms with van der Waals surface area (Å²) in [6.07, 6.45) is 1.93. The molecule has 25 heavy (non-hydrogen) atoms. The second-order valence-electron chi connectivity index (χ2n) is 5.55. The van der Waals surface area contributed by atoms with Crippen LogP contribution < -0.4 is 5.14 Å². The van der Waals surface area contributed by atoms with Crippen LogP contribution in [0.25, 0.3) is 0 Å². The Hall–Kier alpha value is -1.54. The van der Waals surface area contributed by atoms with E-state index in [1.54, 1.807) is 36.2 Å². The van der Waals surface area contributed by atoms with E-state index in [9.17, 15) is 13.2 Å². The molecule has 2 aromatic carbocycles. The van der Waals surface area contributed by atoms with Crippen molar-refractivity contribution in [3.8, 4) is 0 Å². The zero-order valence-electron chi connectivity index (χ0n) is 14.1. The van der Waals surface area contributed by atoms with Gasteiger partial charge in [0.2, 0.25) is 10.0 Å². The van der Waals surface area contributed by atoms with Gasteiger partial charge in [0.1, 0.15) is 0 Å². The van der Waals surface area contributed by atoms with Gasteiger partial charge >= 0.3 is 0 Å². The highest BCUT2D eigenvalue weighted by molar-refractivity contribution is 7.98. The van der Waals surface area contributed by atoms with Gasteiger partial charge in [0.05, 0.1) is 21.5 Å². The molecule has 0 saturated carbocycles. The molecule has 1 atom stereocenters. The van der Waals surface area contributed by atoms with Crippen molar-refractivity contribution in [2.45, 2.75) is 22.8 Å². The second kappa shape index (κ2) is 7.78. The predicted molar refractivity (Wildman–Crippen MR) is 102 cm³/mol. The maximum absolute atomic E-state index is 12.8. The van der Waals surface area contributed by atoms with Crippen molar-refractivity contribution in [3.63, 3.8) is 0 Å². The van der Waals surface area contributed by atoms with Crippen LogP contribution in [-0.2, 0) is 10.0 Å². The Morgan fingerprint density at radius 2 is 1.80 bits per heavy atom. The summed E-state index contributed by atoms with van der Waals surface area (Å²) in [6.45, 7) is 1.86. The quantitative estimate of drug-likeness (QED) is 0.781. The standard InChI is InChI=1S/C17H19ClN2O3S2/c1-11(12-4-7-14(8-5-12)25(19,22)23)20(2)17(21)15-10-13(24-3)6-9-16(15)18/h4-11H,1-3H3,(H2,19,22,23). The lowest BCUT2D eigenvalue weighted by Gasteiger charge is -2.26. The van der Waals surface area contributed by atoms with E-state index in [1.165, 1.54) is 23.9 Å².